The molecule has 7 nitrogen and oxygen atoms in total. The summed E-state index contributed by atoms with van der Waals surface area (Å²) >= 11 is 0. The summed E-state index contributed by atoms with van der Waals surface area (Å²) in [5, 5.41) is 9.59. The number of aliphatic hydroxyl groups excluding tert-OH is 1. The number of hydrogen-bond acceptors (Lipinski definition) is 6. The molecule has 0 unspecified atom stereocenters. The Morgan fingerprint density at radius 3 is 2.47 bits per heavy atom. The molecule has 0 spiro atoms. The second-order valence-electron chi connectivity index (χ2n) is 5.66. The molecule has 112 valence electrons. The van der Waals surface area contributed by atoms with Gasteiger partial charge in [-0.2, -0.15) is 8.42 Å². The summed E-state index contributed by atoms with van der Waals surface area (Å²) in [6.07, 6.45) is -0.0582. The molecule has 2 atom stereocenters. The molecular formula is C11H21NO6S. The lowest BCUT2D eigenvalue weighted by atomic mass is 10.2. The predicted octanol–water partition coefficient (Wildman–Crippen LogP) is 0.333. The SMILES string of the molecule is CC(C)(C)OC(=O)N1C[C@H](O)C[C@H]1COS(C)(=O)=O. The van der Waals surface area contributed by atoms with Gasteiger partial charge in [-0.15, -0.1) is 0 Å². The van der Waals surface area contributed by atoms with Crippen LogP contribution in [0.4, 0.5) is 4.79 Å². The molecule has 0 aromatic rings. The van der Waals surface area contributed by atoms with Crippen molar-refractivity contribution in [1.82, 2.24) is 4.90 Å². The number of aliphatic hydroxyl groups is 1. The first-order valence-electron chi connectivity index (χ1n) is 6.00. The molecule has 1 amide bonds. The van der Waals surface area contributed by atoms with Crippen LogP contribution in [0, 0.1) is 0 Å². The maximum Gasteiger partial charge on any atom is 0.410 e. The van der Waals surface area contributed by atoms with E-state index in [-0.39, 0.29) is 19.6 Å². The zero-order valence-corrected chi connectivity index (χ0v) is 12.4. The lowest BCUT2D eigenvalue weighted by Gasteiger charge is -2.28. The van der Waals surface area contributed by atoms with Crippen LogP contribution in [0.25, 0.3) is 0 Å². The van der Waals surface area contributed by atoms with E-state index in [0.29, 0.717) is 0 Å². The Balaban J connectivity index is 2.66. The number of β-amino-alcohol motifs (C(OH)–C–C–N with tert-alkyl or cyclic N) is 1. The van der Waals surface area contributed by atoms with Gasteiger partial charge in [0.1, 0.15) is 5.60 Å². The lowest BCUT2D eigenvalue weighted by Crippen LogP contribution is -2.42. The highest BCUT2D eigenvalue weighted by atomic mass is 32.2. The summed E-state index contributed by atoms with van der Waals surface area (Å²) in [5.41, 5.74) is -0.646. The van der Waals surface area contributed by atoms with Gasteiger partial charge in [-0.1, -0.05) is 0 Å². The van der Waals surface area contributed by atoms with Crippen molar-refractivity contribution in [2.24, 2.45) is 0 Å². The first kappa shape index (κ1) is 16.2. The van der Waals surface area contributed by atoms with Crippen LogP contribution in [-0.2, 0) is 19.0 Å². The van der Waals surface area contributed by atoms with Gasteiger partial charge >= 0.3 is 6.09 Å². The van der Waals surface area contributed by atoms with Gasteiger partial charge in [0.2, 0.25) is 0 Å². The Morgan fingerprint density at radius 1 is 1.42 bits per heavy atom. The zero-order chi connectivity index (χ0) is 14.8. The van der Waals surface area contributed by atoms with Gasteiger partial charge < -0.3 is 14.7 Å². The largest absolute Gasteiger partial charge is 0.444 e. The fourth-order valence-corrected chi connectivity index (χ4v) is 2.20. The second kappa shape index (κ2) is 5.64. The molecule has 0 bridgehead atoms. The van der Waals surface area contributed by atoms with Crippen molar-refractivity contribution >= 4 is 16.2 Å². The van der Waals surface area contributed by atoms with Gasteiger partial charge in [-0.25, -0.2) is 4.79 Å². The summed E-state index contributed by atoms with van der Waals surface area (Å²) in [7, 11) is -3.57. The molecule has 8 heteroatoms. The van der Waals surface area contributed by atoms with Crippen molar-refractivity contribution in [3.8, 4) is 0 Å². The first-order valence-corrected chi connectivity index (χ1v) is 7.82. The smallest absolute Gasteiger partial charge is 0.410 e. The van der Waals surface area contributed by atoms with Crippen LogP contribution >= 0.6 is 0 Å². The number of rotatable bonds is 3. The molecular weight excluding hydrogens is 274 g/mol. The molecule has 1 aliphatic rings. The Morgan fingerprint density at radius 2 is 2.00 bits per heavy atom. The molecule has 1 heterocycles. The highest BCUT2D eigenvalue weighted by Gasteiger charge is 2.37. The molecule has 1 aliphatic heterocycles. The highest BCUT2D eigenvalue weighted by Crippen LogP contribution is 2.21. The summed E-state index contributed by atoms with van der Waals surface area (Å²) in [4.78, 5) is 13.2. The van der Waals surface area contributed by atoms with E-state index in [1.807, 2.05) is 0 Å². The maximum absolute atomic E-state index is 11.9. The highest BCUT2D eigenvalue weighted by molar-refractivity contribution is 7.85. The fraction of sp³-hybridized carbons (Fsp3) is 0.909. The van der Waals surface area contributed by atoms with Gasteiger partial charge in [0.15, 0.2) is 0 Å². The third-order valence-electron chi connectivity index (χ3n) is 2.49. The summed E-state index contributed by atoms with van der Waals surface area (Å²) in [6, 6.07) is -0.500. The predicted molar refractivity (Wildman–Crippen MR) is 68.1 cm³/mol. The number of ether oxygens (including phenoxy) is 1. The van der Waals surface area contributed by atoms with Gasteiger partial charge in [0.25, 0.3) is 10.1 Å². The summed E-state index contributed by atoms with van der Waals surface area (Å²) in [6.45, 7) is 5.15. The van der Waals surface area contributed by atoms with Crippen LogP contribution < -0.4 is 0 Å². The van der Waals surface area contributed by atoms with Gasteiger partial charge in [-0.3, -0.25) is 4.18 Å². The molecule has 0 aromatic heterocycles. The Hall–Kier alpha value is -0.860. The van der Waals surface area contributed by atoms with Crippen molar-refractivity contribution in [2.75, 3.05) is 19.4 Å². The quantitative estimate of drug-likeness (QED) is 0.754. The van der Waals surface area contributed by atoms with Crippen molar-refractivity contribution in [3.05, 3.63) is 0 Å². The molecule has 1 N–H and O–H groups in total. The van der Waals surface area contributed by atoms with Crippen LogP contribution in [0.3, 0.4) is 0 Å². The fourth-order valence-electron chi connectivity index (χ4n) is 1.80. The number of likely N-dealkylation sites (tertiary alicyclic amines) is 1. The number of carbonyl (C=O) groups is 1. The molecule has 0 aliphatic carbocycles. The van der Waals surface area contributed by atoms with Gasteiger partial charge in [-0.05, 0) is 27.2 Å². The van der Waals surface area contributed by atoms with Crippen LogP contribution in [0.15, 0.2) is 0 Å². The lowest BCUT2D eigenvalue weighted by molar-refractivity contribution is 0.0175. The molecule has 0 saturated carbocycles. The standard InChI is InChI=1S/C11H21NO6S/c1-11(2,3)18-10(14)12-6-9(13)5-8(12)7-17-19(4,15)16/h8-9,13H,5-7H2,1-4H3/t8-,9+/m0/s1. The molecule has 0 radical (unpaired) electrons. The summed E-state index contributed by atoms with van der Waals surface area (Å²) < 4.78 is 31.8. The zero-order valence-electron chi connectivity index (χ0n) is 11.6. The molecule has 19 heavy (non-hydrogen) atoms. The van der Waals surface area contributed by atoms with E-state index >= 15 is 0 Å². The number of amides is 1. The van der Waals surface area contributed by atoms with E-state index in [1.165, 1.54) is 4.90 Å². The van der Waals surface area contributed by atoms with E-state index in [2.05, 4.69) is 4.18 Å². The van der Waals surface area contributed by atoms with Crippen molar-refractivity contribution in [2.45, 2.75) is 44.9 Å². The minimum absolute atomic E-state index is 0.118. The van der Waals surface area contributed by atoms with Gasteiger partial charge in [0.05, 0.1) is 31.6 Å². The third-order valence-corrected chi connectivity index (χ3v) is 3.06. The average molecular weight is 295 g/mol. The molecule has 1 fully saturated rings. The minimum Gasteiger partial charge on any atom is -0.444 e. The van der Waals surface area contributed by atoms with Crippen molar-refractivity contribution in [3.63, 3.8) is 0 Å². The topological polar surface area (TPSA) is 93.1 Å². The monoisotopic (exact) mass is 295 g/mol. The Labute approximate surface area is 113 Å². The number of carbonyl (C=O) groups excluding carboxylic acids is 1. The van der Waals surface area contributed by atoms with E-state index < -0.39 is 34.0 Å². The van der Waals surface area contributed by atoms with Crippen LogP contribution in [0.5, 0.6) is 0 Å². The summed E-state index contributed by atoms with van der Waals surface area (Å²) in [5.74, 6) is 0. The van der Waals surface area contributed by atoms with Crippen LogP contribution in [0.2, 0.25) is 0 Å². The van der Waals surface area contributed by atoms with Crippen LogP contribution in [0.1, 0.15) is 27.2 Å². The maximum atomic E-state index is 11.9. The number of hydrogen-bond donors (Lipinski definition) is 1. The number of nitrogens with zero attached hydrogens (tertiary/aromatic N) is 1. The van der Waals surface area contributed by atoms with Crippen molar-refractivity contribution < 1.29 is 27.2 Å². The van der Waals surface area contributed by atoms with E-state index in [9.17, 15) is 18.3 Å². The van der Waals surface area contributed by atoms with Gasteiger partial charge in [0, 0.05) is 0 Å². The normalized spacial score (nSPS) is 24.6. The molecule has 1 rings (SSSR count). The third kappa shape index (κ3) is 5.75. The van der Waals surface area contributed by atoms with E-state index in [1.54, 1.807) is 20.8 Å². The molecule has 0 aromatic carbocycles. The average Bonchev–Trinajstić information content (AvgIpc) is 2.53. The first-order chi connectivity index (χ1) is 8.48. The van der Waals surface area contributed by atoms with Crippen LogP contribution in [-0.4, -0.2) is 61.7 Å². The van der Waals surface area contributed by atoms with E-state index in [4.69, 9.17) is 4.74 Å². The Kier molecular flexibility index (Phi) is 4.81. The van der Waals surface area contributed by atoms with Crippen molar-refractivity contribution in [1.29, 1.82) is 0 Å². The minimum atomic E-state index is -3.57. The molecule has 1 saturated heterocycles. The second-order valence-corrected chi connectivity index (χ2v) is 7.31. The Bertz CT molecular complexity index is 427. The van der Waals surface area contributed by atoms with E-state index in [0.717, 1.165) is 6.26 Å².